The molecule has 1 aromatic heterocycles. The summed E-state index contributed by atoms with van der Waals surface area (Å²) in [5.41, 5.74) is 1.36. The zero-order valence-corrected chi connectivity index (χ0v) is 16.4. The number of carbonyl (C=O) groups is 1. The van der Waals surface area contributed by atoms with Crippen LogP contribution in [0.5, 0.6) is 0 Å². The first-order chi connectivity index (χ1) is 13.5. The molecule has 28 heavy (non-hydrogen) atoms. The van der Waals surface area contributed by atoms with Crippen LogP contribution in [0.4, 0.5) is 11.4 Å². The van der Waals surface area contributed by atoms with E-state index in [9.17, 15) is 14.9 Å². The molecule has 1 amide bonds. The molecule has 8 nitrogen and oxygen atoms in total. The number of thiazole rings is 1. The molecule has 0 bridgehead atoms. The number of nitrogens with one attached hydrogen (secondary N) is 1. The molecule has 9 heteroatoms. The number of nitro groups is 1. The van der Waals surface area contributed by atoms with Gasteiger partial charge in [-0.2, -0.15) is 0 Å². The second kappa shape index (κ2) is 8.77. The molecule has 0 aliphatic heterocycles. The number of amides is 1. The van der Waals surface area contributed by atoms with E-state index in [4.69, 9.17) is 4.74 Å². The minimum absolute atomic E-state index is 0.143. The summed E-state index contributed by atoms with van der Waals surface area (Å²) in [6.07, 6.45) is 0. The number of benzene rings is 2. The van der Waals surface area contributed by atoms with E-state index in [-0.39, 0.29) is 17.2 Å². The molecule has 0 saturated heterocycles. The maximum Gasteiger partial charge on any atom is 0.293 e. The molecule has 1 heterocycles. The first kappa shape index (κ1) is 19.7. The molecule has 0 saturated carbocycles. The molecule has 0 unspecified atom stereocenters. The van der Waals surface area contributed by atoms with Gasteiger partial charge < -0.3 is 15.0 Å². The molecule has 3 aromatic rings. The van der Waals surface area contributed by atoms with Crippen LogP contribution in [0.15, 0.2) is 42.5 Å². The summed E-state index contributed by atoms with van der Waals surface area (Å²) in [5, 5.41) is 15.1. The Morgan fingerprint density at radius 1 is 1.32 bits per heavy atom. The third-order valence-corrected chi connectivity index (χ3v) is 5.14. The van der Waals surface area contributed by atoms with Crippen molar-refractivity contribution in [3.05, 3.63) is 63.1 Å². The smallest absolute Gasteiger partial charge is 0.293 e. The van der Waals surface area contributed by atoms with Crippen LogP contribution in [0.2, 0.25) is 0 Å². The van der Waals surface area contributed by atoms with Crippen LogP contribution >= 0.6 is 11.3 Å². The highest BCUT2D eigenvalue weighted by Crippen LogP contribution is 2.27. The Hall–Kier alpha value is -3.04. The maximum atomic E-state index is 12.8. The van der Waals surface area contributed by atoms with Crippen molar-refractivity contribution in [1.29, 1.82) is 0 Å². The van der Waals surface area contributed by atoms with E-state index in [0.717, 1.165) is 15.2 Å². The second-order valence-electron chi connectivity index (χ2n) is 6.15. The zero-order valence-electron chi connectivity index (χ0n) is 15.5. The fourth-order valence-electron chi connectivity index (χ4n) is 2.74. The molecule has 0 radical (unpaired) electrons. The number of nitrogens with zero attached hydrogens (tertiary/aromatic N) is 3. The molecular weight excluding hydrogens is 380 g/mol. The zero-order chi connectivity index (χ0) is 20.1. The van der Waals surface area contributed by atoms with Gasteiger partial charge >= 0.3 is 0 Å². The molecule has 0 aliphatic carbocycles. The number of carbonyl (C=O) groups excluding carboxylic acids is 1. The number of nitro benzene ring substituents is 1. The lowest BCUT2D eigenvalue weighted by Gasteiger charge is -2.16. The van der Waals surface area contributed by atoms with Gasteiger partial charge in [0.25, 0.3) is 11.6 Å². The lowest BCUT2D eigenvalue weighted by molar-refractivity contribution is -0.384. The van der Waals surface area contributed by atoms with Crippen molar-refractivity contribution in [3.8, 4) is 0 Å². The number of aromatic nitrogens is 1. The van der Waals surface area contributed by atoms with Gasteiger partial charge in [-0.25, -0.2) is 4.98 Å². The standard InChI is InChI=1S/C19H20N4O4S/c1-22(12-18-21-15-5-3-4-6-17(15)28-18)19(24)13-7-8-14(20-9-10-27-2)16(11-13)23(25)26/h3-8,11,20H,9-10,12H2,1-2H3. The predicted octanol–water partition coefficient (Wildman–Crippen LogP) is 3.54. The van der Waals surface area contributed by atoms with E-state index in [0.29, 0.717) is 25.4 Å². The molecular formula is C19H20N4O4S. The summed E-state index contributed by atoms with van der Waals surface area (Å²) >= 11 is 1.52. The average Bonchev–Trinajstić information content (AvgIpc) is 3.09. The summed E-state index contributed by atoms with van der Waals surface area (Å²) in [6, 6.07) is 12.2. The molecule has 0 fully saturated rings. The predicted molar refractivity (Wildman–Crippen MR) is 109 cm³/mol. The van der Waals surface area contributed by atoms with E-state index in [1.165, 1.54) is 22.3 Å². The largest absolute Gasteiger partial charge is 0.383 e. The Kier molecular flexibility index (Phi) is 6.17. The van der Waals surface area contributed by atoms with Gasteiger partial charge in [-0.1, -0.05) is 12.1 Å². The first-order valence-corrected chi connectivity index (χ1v) is 9.42. The van der Waals surface area contributed by atoms with Crippen LogP contribution in [0.25, 0.3) is 10.2 Å². The second-order valence-corrected chi connectivity index (χ2v) is 7.26. The quantitative estimate of drug-likeness (QED) is 0.353. The van der Waals surface area contributed by atoms with E-state index in [2.05, 4.69) is 10.3 Å². The summed E-state index contributed by atoms with van der Waals surface area (Å²) in [4.78, 5) is 29.7. The van der Waals surface area contributed by atoms with Crippen molar-refractivity contribution in [2.24, 2.45) is 0 Å². The Labute approximate surface area is 165 Å². The van der Waals surface area contributed by atoms with Gasteiger partial charge in [-0.05, 0) is 24.3 Å². The van der Waals surface area contributed by atoms with Crippen LogP contribution in [0.3, 0.4) is 0 Å². The van der Waals surface area contributed by atoms with Gasteiger partial charge in [0.1, 0.15) is 10.7 Å². The molecule has 1 N–H and O–H groups in total. The van der Waals surface area contributed by atoms with Crippen LogP contribution < -0.4 is 5.32 Å². The fourth-order valence-corrected chi connectivity index (χ4v) is 3.76. The number of hydrogen-bond donors (Lipinski definition) is 1. The average molecular weight is 400 g/mol. The third-order valence-electron chi connectivity index (χ3n) is 4.12. The van der Waals surface area contributed by atoms with E-state index in [1.807, 2.05) is 24.3 Å². The van der Waals surface area contributed by atoms with Crippen molar-refractivity contribution < 1.29 is 14.5 Å². The van der Waals surface area contributed by atoms with Gasteiger partial charge in [0.2, 0.25) is 0 Å². The monoisotopic (exact) mass is 400 g/mol. The van der Waals surface area contributed by atoms with E-state index < -0.39 is 4.92 Å². The number of anilines is 1. The summed E-state index contributed by atoms with van der Waals surface area (Å²) in [5.74, 6) is -0.300. The minimum Gasteiger partial charge on any atom is -0.383 e. The van der Waals surface area contributed by atoms with Gasteiger partial charge in [0.05, 0.1) is 28.3 Å². The number of hydrogen-bond acceptors (Lipinski definition) is 7. The van der Waals surface area contributed by atoms with Gasteiger partial charge in [-0.3, -0.25) is 14.9 Å². The van der Waals surface area contributed by atoms with Gasteiger partial charge in [0, 0.05) is 32.3 Å². The van der Waals surface area contributed by atoms with Crippen molar-refractivity contribution in [1.82, 2.24) is 9.88 Å². The summed E-state index contributed by atoms with van der Waals surface area (Å²) in [6.45, 7) is 1.19. The van der Waals surface area contributed by atoms with Crippen LogP contribution in [-0.2, 0) is 11.3 Å². The third kappa shape index (κ3) is 4.44. The minimum atomic E-state index is -0.501. The summed E-state index contributed by atoms with van der Waals surface area (Å²) < 4.78 is 5.99. The lowest BCUT2D eigenvalue weighted by Crippen LogP contribution is -2.26. The normalized spacial score (nSPS) is 10.8. The molecule has 2 aromatic carbocycles. The van der Waals surface area contributed by atoms with Crippen LogP contribution in [-0.4, -0.2) is 48.0 Å². The van der Waals surface area contributed by atoms with E-state index >= 15 is 0 Å². The first-order valence-electron chi connectivity index (χ1n) is 8.60. The number of methoxy groups -OCH3 is 1. The Morgan fingerprint density at radius 2 is 2.11 bits per heavy atom. The van der Waals surface area contributed by atoms with Gasteiger partial charge in [0.15, 0.2) is 0 Å². The maximum absolute atomic E-state index is 12.8. The van der Waals surface area contributed by atoms with Crippen LogP contribution in [0, 0.1) is 10.1 Å². The number of ether oxygens (including phenoxy) is 1. The van der Waals surface area contributed by atoms with Crippen molar-refractivity contribution in [2.75, 3.05) is 32.6 Å². The number of fused-ring (bicyclic) bond motifs is 1. The fraction of sp³-hybridized carbons (Fsp3) is 0.263. The SMILES string of the molecule is COCCNc1ccc(C(=O)N(C)Cc2nc3ccccc3s2)cc1[N+](=O)[O-]. The van der Waals surface area contributed by atoms with Gasteiger partial charge in [-0.15, -0.1) is 11.3 Å². The molecule has 3 rings (SSSR count). The van der Waals surface area contributed by atoms with Crippen molar-refractivity contribution >= 4 is 38.8 Å². The molecule has 0 aliphatic rings. The highest BCUT2D eigenvalue weighted by molar-refractivity contribution is 7.18. The Morgan fingerprint density at radius 3 is 2.82 bits per heavy atom. The van der Waals surface area contributed by atoms with Crippen molar-refractivity contribution in [2.45, 2.75) is 6.54 Å². The topological polar surface area (TPSA) is 97.6 Å². The molecule has 0 spiro atoms. The summed E-state index contributed by atoms with van der Waals surface area (Å²) in [7, 11) is 3.21. The van der Waals surface area contributed by atoms with Crippen LogP contribution in [0.1, 0.15) is 15.4 Å². The highest BCUT2D eigenvalue weighted by Gasteiger charge is 2.20. The highest BCUT2D eigenvalue weighted by atomic mass is 32.1. The Bertz CT molecular complexity index is 972. The molecule has 146 valence electrons. The number of para-hydroxylation sites is 1. The number of rotatable bonds is 8. The van der Waals surface area contributed by atoms with Crippen molar-refractivity contribution in [3.63, 3.8) is 0 Å². The van der Waals surface area contributed by atoms with E-state index in [1.54, 1.807) is 26.3 Å². The lowest BCUT2D eigenvalue weighted by atomic mass is 10.1. The molecule has 0 atom stereocenters. The Balaban J connectivity index is 1.76.